The van der Waals surface area contributed by atoms with Crippen LogP contribution in [0.4, 0.5) is 0 Å². The van der Waals surface area contributed by atoms with Gasteiger partial charge in [-0.25, -0.2) is 4.98 Å². The average Bonchev–Trinajstić information content (AvgIpc) is 2.83. The first kappa shape index (κ1) is 15.3. The minimum Gasteiger partial charge on any atom is -0.487 e. The number of aromatic nitrogens is 1. The minimum absolute atomic E-state index is 0.492. The van der Waals surface area contributed by atoms with E-state index in [4.69, 9.17) is 16.3 Å². The fourth-order valence-corrected chi connectivity index (χ4v) is 3.08. The van der Waals surface area contributed by atoms with Crippen molar-refractivity contribution in [2.24, 2.45) is 0 Å². The molecule has 108 valence electrons. The number of hydrogen-bond acceptors (Lipinski definition) is 4. The molecule has 1 N–H and O–H groups in total. The molecule has 0 fully saturated rings. The van der Waals surface area contributed by atoms with Crippen LogP contribution in [-0.2, 0) is 13.2 Å². The van der Waals surface area contributed by atoms with E-state index in [-0.39, 0.29) is 0 Å². The number of ether oxygens (including phenoxy) is 1. The second-order valence-corrected chi connectivity index (χ2v) is 6.05. The molecule has 0 aliphatic carbocycles. The number of nitrogens with one attached hydrogen (secondary N) is 1. The molecule has 20 heavy (non-hydrogen) atoms. The van der Waals surface area contributed by atoms with Crippen molar-refractivity contribution in [3.05, 3.63) is 44.4 Å². The standard InChI is InChI=1S/C15H19ClN2OS/c1-4-17-7-14-18-13(9-20-14)8-19-15-10(2)5-12(16)6-11(15)3/h5-6,9,17H,4,7-8H2,1-3H3. The van der Waals surface area contributed by atoms with E-state index in [2.05, 4.69) is 17.2 Å². The van der Waals surface area contributed by atoms with E-state index in [0.29, 0.717) is 6.61 Å². The van der Waals surface area contributed by atoms with Gasteiger partial charge < -0.3 is 10.1 Å². The molecule has 2 aromatic rings. The Morgan fingerprint density at radius 3 is 2.65 bits per heavy atom. The predicted octanol–water partition coefficient (Wildman–Crippen LogP) is 4.10. The normalized spacial score (nSPS) is 10.8. The van der Waals surface area contributed by atoms with Crippen LogP contribution in [0.25, 0.3) is 0 Å². The van der Waals surface area contributed by atoms with Crippen LogP contribution in [0.2, 0.25) is 5.02 Å². The summed E-state index contributed by atoms with van der Waals surface area (Å²) in [6, 6.07) is 3.84. The highest BCUT2D eigenvalue weighted by Gasteiger charge is 2.08. The van der Waals surface area contributed by atoms with Crippen molar-refractivity contribution in [1.82, 2.24) is 10.3 Å². The Kier molecular flexibility index (Phi) is 5.40. The first-order valence-electron chi connectivity index (χ1n) is 6.63. The third-order valence-corrected chi connectivity index (χ3v) is 4.03. The van der Waals surface area contributed by atoms with Gasteiger partial charge in [0, 0.05) is 16.9 Å². The number of aryl methyl sites for hydroxylation is 2. The maximum Gasteiger partial charge on any atom is 0.131 e. The lowest BCUT2D eigenvalue weighted by molar-refractivity contribution is 0.297. The van der Waals surface area contributed by atoms with E-state index < -0.39 is 0 Å². The predicted molar refractivity (Wildman–Crippen MR) is 84.8 cm³/mol. The number of rotatable bonds is 6. The van der Waals surface area contributed by atoms with E-state index in [1.54, 1.807) is 11.3 Å². The van der Waals surface area contributed by atoms with Crippen LogP contribution in [0, 0.1) is 13.8 Å². The minimum atomic E-state index is 0.492. The molecular weight excluding hydrogens is 292 g/mol. The van der Waals surface area contributed by atoms with Gasteiger partial charge in [-0.1, -0.05) is 18.5 Å². The zero-order valence-electron chi connectivity index (χ0n) is 12.0. The number of halogens is 1. The number of benzene rings is 1. The van der Waals surface area contributed by atoms with Gasteiger partial charge in [0.05, 0.1) is 5.69 Å². The first-order chi connectivity index (χ1) is 9.60. The van der Waals surface area contributed by atoms with E-state index in [9.17, 15) is 0 Å². The summed E-state index contributed by atoms with van der Waals surface area (Å²) in [5.41, 5.74) is 3.08. The van der Waals surface area contributed by atoms with Crippen molar-refractivity contribution in [2.45, 2.75) is 33.9 Å². The smallest absolute Gasteiger partial charge is 0.131 e. The average molecular weight is 311 g/mol. The lowest BCUT2D eigenvalue weighted by Crippen LogP contribution is -2.11. The molecule has 0 atom stereocenters. The van der Waals surface area contributed by atoms with Gasteiger partial charge in [-0.2, -0.15) is 0 Å². The highest BCUT2D eigenvalue weighted by molar-refractivity contribution is 7.09. The monoisotopic (exact) mass is 310 g/mol. The van der Waals surface area contributed by atoms with E-state index in [1.807, 2.05) is 31.4 Å². The quantitative estimate of drug-likeness (QED) is 0.872. The maximum absolute atomic E-state index is 6.02. The fourth-order valence-electron chi connectivity index (χ4n) is 2.00. The molecule has 2 rings (SSSR count). The highest BCUT2D eigenvalue weighted by Crippen LogP contribution is 2.27. The van der Waals surface area contributed by atoms with Gasteiger partial charge in [-0.15, -0.1) is 11.3 Å². The maximum atomic E-state index is 6.02. The lowest BCUT2D eigenvalue weighted by Gasteiger charge is -2.11. The number of hydrogen-bond donors (Lipinski definition) is 1. The summed E-state index contributed by atoms with van der Waals surface area (Å²) in [5, 5.41) is 7.15. The Labute approximate surface area is 129 Å². The topological polar surface area (TPSA) is 34.2 Å². The van der Waals surface area contributed by atoms with Crippen molar-refractivity contribution in [1.29, 1.82) is 0 Å². The van der Waals surface area contributed by atoms with Crippen LogP contribution >= 0.6 is 22.9 Å². The Morgan fingerprint density at radius 2 is 2.00 bits per heavy atom. The number of nitrogens with zero attached hydrogens (tertiary/aromatic N) is 1. The molecule has 5 heteroatoms. The van der Waals surface area contributed by atoms with Crippen molar-refractivity contribution >= 4 is 22.9 Å². The molecule has 1 aromatic carbocycles. The molecule has 1 heterocycles. The Morgan fingerprint density at radius 1 is 1.30 bits per heavy atom. The van der Waals surface area contributed by atoms with E-state index in [0.717, 1.165) is 45.7 Å². The van der Waals surface area contributed by atoms with Gasteiger partial charge in [0.15, 0.2) is 0 Å². The van der Waals surface area contributed by atoms with Gasteiger partial charge in [0.25, 0.3) is 0 Å². The summed E-state index contributed by atoms with van der Waals surface area (Å²) in [4.78, 5) is 4.54. The molecule has 0 unspecified atom stereocenters. The molecule has 0 amide bonds. The Hall–Kier alpha value is -1.10. The molecule has 0 radical (unpaired) electrons. The van der Waals surface area contributed by atoms with Crippen LogP contribution < -0.4 is 10.1 Å². The van der Waals surface area contributed by atoms with Crippen LogP contribution in [0.15, 0.2) is 17.5 Å². The third kappa shape index (κ3) is 3.95. The Bertz CT molecular complexity index is 560. The van der Waals surface area contributed by atoms with Crippen LogP contribution in [0.5, 0.6) is 5.75 Å². The Balaban J connectivity index is 2.00. The zero-order valence-corrected chi connectivity index (χ0v) is 13.6. The summed E-state index contributed by atoms with van der Waals surface area (Å²) in [7, 11) is 0. The van der Waals surface area contributed by atoms with E-state index >= 15 is 0 Å². The van der Waals surface area contributed by atoms with Crippen LogP contribution in [-0.4, -0.2) is 11.5 Å². The lowest BCUT2D eigenvalue weighted by atomic mass is 10.1. The fraction of sp³-hybridized carbons (Fsp3) is 0.400. The van der Waals surface area contributed by atoms with Crippen molar-refractivity contribution in [3.8, 4) is 5.75 Å². The number of thiazole rings is 1. The largest absolute Gasteiger partial charge is 0.487 e. The summed E-state index contributed by atoms with van der Waals surface area (Å²) in [6.45, 7) is 8.36. The molecule has 0 spiro atoms. The summed E-state index contributed by atoms with van der Waals surface area (Å²) >= 11 is 7.68. The van der Waals surface area contributed by atoms with Gasteiger partial charge in [-0.3, -0.25) is 0 Å². The zero-order chi connectivity index (χ0) is 14.5. The molecule has 0 aliphatic rings. The molecule has 0 saturated carbocycles. The van der Waals surface area contributed by atoms with Gasteiger partial charge in [-0.05, 0) is 43.7 Å². The van der Waals surface area contributed by atoms with Crippen LogP contribution in [0.3, 0.4) is 0 Å². The third-order valence-electron chi connectivity index (χ3n) is 2.92. The molecule has 0 saturated heterocycles. The van der Waals surface area contributed by atoms with Gasteiger partial charge in [0.1, 0.15) is 17.4 Å². The molecule has 3 nitrogen and oxygen atoms in total. The molecule has 1 aromatic heterocycles. The van der Waals surface area contributed by atoms with E-state index in [1.165, 1.54) is 0 Å². The molecule has 0 bridgehead atoms. The summed E-state index contributed by atoms with van der Waals surface area (Å²) in [6.07, 6.45) is 0. The molecular formula is C15H19ClN2OS. The summed E-state index contributed by atoms with van der Waals surface area (Å²) in [5.74, 6) is 0.899. The SMILES string of the molecule is CCNCc1nc(COc2c(C)cc(Cl)cc2C)cs1. The highest BCUT2D eigenvalue weighted by atomic mass is 35.5. The van der Waals surface area contributed by atoms with Crippen molar-refractivity contribution < 1.29 is 4.74 Å². The van der Waals surface area contributed by atoms with Crippen molar-refractivity contribution in [2.75, 3.05) is 6.54 Å². The second kappa shape index (κ2) is 7.07. The first-order valence-corrected chi connectivity index (χ1v) is 7.89. The molecule has 0 aliphatic heterocycles. The van der Waals surface area contributed by atoms with Gasteiger partial charge >= 0.3 is 0 Å². The second-order valence-electron chi connectivity index (χ2n) is 4.67. The summed E-state index contributed by atoms with van der Waals surface area (Å²) < 4.78 is 5.89. The van der Waals surface area contributed by atoms with Gasteiger partial charge in [0.2, 0.25) is 0 Å². The van der Waals surface area contributed by atoms with Crippen LogP contribution in [0.1, 0.15) is 28.8 Å². The van der Waals surface area contributed by atoms with Crippen molar-refractivity contribution in [3.63, 3.8) is 0 Å².